The fraction of sp³-hybridized carbons (Fsp3) is 0.278. The van der Waals surface area contributed by atoms with Crippen molar-refractivity contribution in [3.05, 3.63) is 59.7 Å². The van der Waals surface area contributed by atoms with E-state index in [0.29, 0.717) is 18.4 Å². The molecule has 0 radical (unpaired) electrons. The zero-order valence-corrected chi connectivity index (χ0v) is 11.9. The van der Waals surface area contributed by atoms with Crippen molar-refractivity contribution in [1.82, 2.24) is 0 Å². The van der Waals surface area contributed by atoms with E-state index < -0.39 is 0 Å². The summed E-state index contributed by atoms with van der Waals surface area (Å²) >= 11 is 0. The molecule has 0 amide bonds. The molecule has 0 bridgehead atoms. The van der Waals surface area contributed by atoms with Gasteiger partial charge in [-0.05, 0) is 23.1 Å². The fourth-order valence-corrected chi connectivity index (χ4v) is 2.56. The van der Waals surface area contributed by atoms with Crippen molar-refractivity contribution in [3.63, 3.8) is 0 Å². The van der Waals surface area contributed by atoms with E-state index in [9.17, 15) is 0 Å². The molecule has 20 heavy (non-hydrogen) atoms. The van der Waals surface area contributed by atoms with Crippen molar-refractivity contribution in [2.24, 2.45) is 10.9 Å². The van der Waals surface area contributed by atoms with E-state index in [-0.39, 0.29) is 0 Å². The molecule has 1 atom stereocenters. The summed E-state index contributed by atoms with van der Waals surface area (Å²) in [7, 11) is 0. The molecule has 0 aromatic heterocycles. The zero-order valence-electron chi connectivity index (χ0n) is 11.9. The van der Waals surface area contributed by atoms with Gasteiger partial charge in [0.25, 0.3) is 0 Å². The molecule has 3 rings (SSSR count). The van der Waals surface area contributed by atoms with Gasteiger partial charge in [0.15, 0.2) is 0 Å². The van der Waals surface area contributed by atoms with Gasteiger partial charge in [0.05, 0.1) is 0 Å². The first kappa shape index (κ1) is 12.9. The van der Waals surface area contributed by atoms with Gasteiger partial charge in [-0.1, -0.05) is 56.3 Å². The Balaban J connectivity index is 1.81. The van der Waals surface area contributed by atoms with Crippen LogP contribution in [-0.4, -0.2) is 6.21 Å². The maximum atomic E-state index is 5.95. The molecule has 0 spiro atoms. The smallest absolute Gasteiger partial charge is 0.145 e. The van der Waals surface area contributed by atoms with E-state index in [1.54, 1.807) is 0 Å². The third-order valence-electron chi connectivity index (χ3n) is 3.71. The largest absolute Gasteiger partial charge is 0.487 e. The fourth-order valence-electron chi connectivity index (χ4n) is 2.56. The molecule has 2 nitrogen and oxygen atoms in total. The minimum Gasteiger partial charge on any atom is -0.487 e. The Labute approximate surface area is 120 Å². The molecular weight excluding hydrogens is 246 g/mol. The molecular formula is C18H19NO. The molecule has 1 unspecified atom stereocenters. The average molecular weight is 265 g/mol. The summed E-state index contributed by atoms with van der Waals surface area (Å²) in [6.07, 6.45) is 2.05. The third kappa shape index (κ3) is 2.46. The number of nitrogens with zero attached hydrogens (tertiary/aromatic N) is 1. The van der Waals surface area contributed by atoms with E-state index >= 15 is 0 Å². The first-order chi connectivity index (χ1) is 9.75. The molecule has 0 N–H and O–H groups in total. The second-order valence-electron chi connectivity index (χ2n) is 5.52. The summed E-state index contributed by atoms with van der Waals surface area (Å²) in [5, 5.41) is 0. The zero-order chi connectivity index (χ0) is 13.9. The van der Waals surface area contributed by atoms with Crippen LogP contribution < -0.4 is 4.74 Å². The molecule has 0 saturated carbocycles. The molecule has 1 aliphatic rings. The average Bonchev–Trinajstić information content (AvgIpc) is 2.91. The van der Waals surface area contributed by atoms with Crippen LogP contribution in [0, 0.1) is 5.92 Å². The molecule has 1 aliphatic heterocycles. The van der Waals surface area contributed by atoms with Crippen LogP contribution in [0.5, 0.6) is 5.75 Å². The van der Waals surface area contributed by atoms with Crippen molar-refractivity contribution in [1.29, 1.82) is 0 Å². The van der Waals surface area contributed by atoms with Crippen molar-refractivity contribution < 1.29 is 4.74 Å². The summed E-state index contributed by atoms with van der Waals surface area (Å²) in [6, 6.07) is 16.4. The Hall–Kier alpha value is -2.09. The van der Waals surface area contributed by atoms with Crippen LogP contribution in [0.25, 0.3) is 0 Å². The van der Waals surface area contributed by atoms with Crippen LogP contribution in [0.4, 0.5) is 5.69 Å². The predicted octanol–water partition coefficient (Wildman–Crippen LogP) is 4.72. The number of hydrogen-bond donors (Lipinski definition) is 0. The summed E-state index contributed by atoms with van der Waals surface area (Å²) in [4.78, 5) is 4.56. The molecule has 0 saturated heterocycles. The Morgan fingerprint density at radius 3 is 2.60 bits per heavy atom. The van der Waals surface area contributed by atoms with Crippen molar-refractivity contribution >= 4 is 11.9 Å². The lowest BCUT2D eigenvalue weighted by Gasteiger charge is -2.14. The van der Waals surface area contributed by atoms with E-state index in [1.807, 2.05) is 30.5 Å². The Bertz CT molecular complexity index is 617. The van der Waals surface area contributed by atoms with Gasteiger partial charge < -0.3 is 4.74 Å². The van der Waals surface area contributed by atoms with Crippen molar-refractivity contribution in [2.45, 2.75) is 26.4 Å². The lowest BCUT2D eigenvalue weighted by atomic mass is 9.90. The van der Waals surface area contributed by atoms with E-state index in [4.69, 9.17) is 4.74 Å². The van der Waals surface area contributed by atoms with Gasteiger partial charge in [-0.3, -0.25) is 4.99 Å². The van der Waals surface area contributed by atoms with Crippen LogP contribution in [0.2, 0.25) is 0 Å². The van der Waals surface area contributed by atoms with Crippen LogP contribution in [0.3, 0.4) is 0 Å². The molecule has 2 aromatic rings. The van der Waals surface area contributed by atoms with Gasteiger partial charge in [-0.15, -0.1) is 0 Å². The van der Waals surface area contributed by atoms with Gasteiger partial charge in [0.1, 0.15) is 18.0 Å². The number of rotatable bonds is 4. The van der Waals surface area contributed by atoms with Gasteiger partial charge in [-0.2, -0.15) is 0 Å². The highest BCUT2D eigenvalue weighted by atomic mass is 16.5. The maximum Gasteiger partial charge on any atom is 0.145 e. The minimum atomic E-state index is 0.408. The highest BCUT2D eigenvalue weighted by Gasteiger charge is 2.24. The third-order valence-corrected chi connectivity index (χ3v) is 3.71. The lowest BCUT2D eigenvalue weighted by Crippen LogP contribution is -2.04. The summed E-state index contributed by atoms with van der Waals surface area (Å²) < 4.78 is 5.95. The quantitative estimate of drug-likeness (QED) is 0.783. The van der Waals surface area contributed by atoms with E-state index in [2.05, 4.69) is 43.1 Å². The minimum absolute atomic E-state index is 0.408. The highest BCUT2D eigenvalue weighted by molar-refractivity contribution is 5.83. The summed E-state index contributed by atoms with van der Waals surface area (Å²) in [5.74, 6) is 1.85. The second-order valence-corrected chi connectivity index (χ2v) is 5.52. The first-order valence-electron chi connectivity index (χ1n) is 7.09. The van der Waals surface area contributed by atoms with Gasteiger partial charge >= 0.3 is 0 Å². The SMILES string of the molecule is CC(C)C1C=Nc2c(OCc3ccccc3)cccc21. The number of benzene rings is 2. The topological polar surface area (TPSA) is 21.6 Å². The predicted molar refractivity (Wildman–Crippen MR) is 82.9 cm³/mol. The van der Waals surface area contributed by atoms with Gasteiger partial charge in [0, 0.05) is 12.1 Å². The molecule has 1 heterocycles. The molecule has 0 fully saturated rings. The molecule has 102 valence electrons. The Morgan fingerprint density at radius 2 is 1.85 bits per heavy atom. The standard InChI is InChI=1S/C18H19NO/c1-13(2)16-11-19-18-15(16)9-6-10-17(18)20-12-14-7-4-3-5-8-14/h3-11,13,16H,12H2,1-2H3. The number of ether oxygens (including phenoxy) is 1. The monoisotopic (exact) mass is 265 g/mol. The van der Waals surface area contributed by atoms with Crippen LogP contribution in [0.1, 0.15) is 30.9 Å². The number of aliphatic imine (C=N–C) groups is 1. The number of fused-ring (bicyclic) bond motifs is 1. The van der Waals surface area contributed by atoms with Crippen molar-refractivity contribution in [3.8, 4) is 5.75 Å². The van der Waals surface area contributed by atoms with Crippen molar-refractivity contribution in [2.75, 3.05) is 0 Å². The lowest BCUT2D eigenvalue weighted by molar-refractivity contribution is 0.307. The van der Waals surface area contributed by atoms with Crippen LogP contribution in [-0.2, 0) is 6.61 Å². The molecule has 2 heteroatoms. The van der Waals surface area contributed by atoms with E-state index in [1.165, 1.54) is 11.1 Å². The highest BCUT2D eigenvalue weighted by Crippen LogP contribution is 2.42. The summed E-state index contributed by atoms with van der Waals surface area (Å²) in [5.41, 5.74) is 3.46. The van der Waals surface area contributed by atoms with Gasteiger partial charge in [-0.25, -0.2) is 0 Å². The molecule has 0 aliphatic carbocycles. The van der Waals surface area contributed by atoms with E-state index in [0.717, 1.165) is 11.4 Å². The maximum absolute atomic E-state index is 5.95. The molecule has 2 aromatic carbocycles. The van der Waals surface area contributed by atoms with Gasteiger partial charge in [0.2, 0.25) is 0 Å². The number of para-hydroxylation sites is 1. The second kappa shape index (κ2) is 5.49. The summed E-state index contributed by atoms with van der Waals surface area (Å²) in [6.45, 7) is 5.03. The normalized spacial score (nSPS) is 16.4. The Morgan fingerprint density at radius 1 is 1.05 bits per heavy atom. The first-order valence-corrected chi connectivity index (χ1v) is 7.09. The Kier molecular flexibility index (Phi) is 3.55. The van der Waals surface area contributed by atoms with Crippen LogP contribution >= 0.6 is 0 Å². The number of hydrogen-bond acceptors (Lipinski definition) is 2. The van der Waals surface area contributed by atoms with Crippen LogP contribution in [0.15, 0.2) is 53.5 Å².